The topological polar surface area (TPSA) is 69.7 Å². The van der Waals surface area contributed by atoms with Gasteiger partial charge in [-0.3, -0.25) is 8.98 Å². The summed E-state index contributed by atoms with van der Waals surface area (Å²) in [5.74, 6) is -0.504. The van der Waals surface area contributed by atoms with Gasteiger partial charge < -0.3 is 4.74 Å². The second-order valence-corrected chi connectivity index (χ2v) is 4.99. The number of hydrogen-bond donors (Lipinski definition) is 0. The molecule has 0 fully saturated rings. The van der Waals surface area contributed by atoms with Crippen LogP contribution in [-0.2, 0) is 23.8 Å². The van der Waals surface area contributed by atoms with Crippen LogP contribution in [0, 0.1) is 5.41 Å². The molecular weight excluding hydrogens is 196 g/mol. The molecule has 0 aliphatic carbocycles. The molecule has 0 unspecified atom stereocenters. The lowest BCUT2D eigenvalue weighted by molar-refractivity contribution is -0.152. The third kappa shape index (κ3) is 4.84. The molecule has 0 rings (SSSR count). The van der Waals surface area contributed by atoms with Crippen molar-refractivity contribution >= 4 is 16.1 Å². The lowest BCUT2D eigenvalue weighted by Crippen LogP contribution is -2.31. The van der Waals surface area contributed by atoms with Crippen LogP contribution in [0.1, 0.15) is 13.8 Å². The van der Waals surface area contributed by atoms with E-state index in [2.05, 4.69) is 8.92 Å². The van der Waals surface area contributed by atoms with E-state index in [4.69, 9.17) is 0 Å². The molecule has 0 radical (unpaired) electrons. The first-order chi connectivity index (χ1) is 5.69. The summed E-state index contributed by atoms with van der Waals surface area (Å²) in [6, 6.07) is 0. The van der Waals surface area contributed by atoms with Gasteiger partial charge in [-0.25, -0.2) is 0 Å². The number of carbonyl (C=O) groups excluding carboxylic acids is 1. The van der Waals surface area contributed by atoms with Crippen molar-refractivity contribution in [2.75, 3.05) is 20.0 Å². The quantitative estimate of drug-likeness (QED) is 0.488. The van der Waals surface area contributed by atoms with Crippen molar-refractivity contribution in [3.05, 3.63) is 0 Å². The second-order valence-electron chi connectivity index (χ2n) is 3.34. The fourth-order valence-corrected chi connectivity index (χ4v) is 1.10. The van der Waals surface area contributed by atoms with Gasteiger partial charge in [-0.1, -0.05) is 0 Å². The molecule has 0 aromatic heterocycles. The SMILES string of the molecule is COC(=O)C(C)(C)COS(C)(=O)=O. The molecule has 13 heavy (non-hydrogen) atoms. The summed E-state index contributed by atoms with van der Waals surface area (Å²) in [7, 11) is -2.27. The normalized spacial score (nSPS) is 12.6. The number of carbonyl (C=O) groups is 1. The van der Waals surface area contributed by atoms with Crippen LogP contribution in [0.3, 0.4) is 0 Å². The Hall–Kier alpha value is -0.620. The predicted molar refractivity (Wildman–Crippen MR) is 46.6 cm³/mol. The zero-order valence-electron chi connectivity index (χ0n) is 8.16. The zero-order valence-corrected chi connectivity index (χ0v) is 8.97. The van der Waals surface area contributed by atoms with Crippen LogP contribution >= 0.6 is 0 Å². The smallest absolute Gasteiger partial charge is 0.313 e. The van der Waals surface area contributed by atoms with E-state index >= 15 is 0 Å². The molecule has 0 bridgehead atoms. The zero-order chi connectivity index (χ0) is 10.7. The van der Waals surface area contributed by atoms with Crippen molar-refractivity contribution < 1.29 is 22.1 Å². The van der Waals surface area contributed by atoms with Crippen LogP contribution < -0.4 is 0 Å². The van der Waals surface area contributed by atoms with E-state index in [0.29, 0.717) is 0 Å². The van der Waals surface area contributed by atoms with Gasteiger partial charge in [0.25, 0.3) is 10.1 Å². The average molecular weight is 210 g/mol. The summed E-state index contributed by atoms with van der Waals surface area (Å²) >= 11 is 0. The third-order valence-corrected chi connectivity index (χ3v) is 1.92. The summed E-state index contributed by atoms with van der Waals surface area (Å²) in [6.45, 7) is 2.88. The lowest BCUT2D eigenvalue weighted by atomic mass is 9.95. The van der Waals surface area contributed by atoms with Gasteiger partial charge in [0.1, 0.15) is 0 Å². The van der Waals surface area contributed by atoms with Crippen LogP contribution in [0.25, 0.3) is 0 Å². The van der Waals surface area contributed by atoms with Crippen molar-refractivity contribution in [2.45, 2.75) is 13.8 Å². The Morgan fingerprint density at radius 2 is 1.85 bits per heavy atom. The first-order valence-corrected chi connectivity index (χ1v) is 5.43. The molecule has 0 aliphatic heterocycles. The van der Waals surface area contributed by atoms with Gasteiger partial charge in [0.15, 0.2) is 0 Å². The van der Waals surface area contributed by atoms with E-state index in [1.807, 2.05) is 0 Å². The molecule has 0 saturated heterocycles. The van der Waals surface area contributed by atoms with Crippen LogP contribution in [0.15, 0.2) is 0 Å². The highest BCUT2D eigenvalue weighted by Crippen LogP contribution is 2.17. The van der Waals surface area contributed by atoms with Crippen molar-refractivity contribution in [2.24, 2.45) is 5.41 Å². The molecule has 0 N–H and O–H groups in total. The average Bonchev–Trinajstić information content (AvgIpc) is 1.98. The maximum absolute atomic E-state index is 11.1. The largest absolute Gasteiger partial charge is 0.469 e. The maximum atomic E-state index is 11.1. The van der Waals surface area contributed by atoms with Gasteiger partial charge >= 0.3 is 5.97 Å². The van der Waals surface area contributed by atoms with Gasteiger partial charge in [0.05, 0.1) is 25.4 Å². The molecule has 0 aliphatic rings. The van der Waals surface area contributed by atoms with Gasteiger partial charge in [-0.05, 0) is 13.8 Å². The molecular formula is C7H14O5S. The van der Waals surface area contributed by atoms with Gasteiger partial charge in [-0.15, -0.1) is 0 Å². The highest BCUT2D eigenvalue weighted by molar-refractivity contribution is 7.85. The van der Waals surface area contributed by atoms with E-state index in [-0.39, 0.29) is 6.61 Å². The Bertz CT molecular complexity index is 277. The standard InChI is InChI=1S/C7H14O5S/c1-7(2,6(8)11-3)5-12-13(4,9)10/h5H2,1-4H3. The van der Waals surface area contributed by atoms with Crippen molar-refractivity contribution in [3.63, 3.8) is 0 Å². The number of esters is 1. The molecule has 0 atom stereocenters. The minimum Gasteiger partial charge on any atom is -0.469 e. The summed E-state index contributed by atoms with van der Waals surface area (Å²) in [5, 5.41) is 0. The lowest BCUT2D eigenvalue weighted by Gasteiger charge is -2.19. The minimum absolute atomic E-state index is 0.210. The van der Waals surface area contributed by atoms with Crippen LogP contribution in [0.2, 0.25) is 0 Å². The summed E-state index contributed by atoms with van der Waals surface area (Å²) < 4.78 is 30.2. The molecule has 0 aromatic carbocycles. The number of ether oxygens (including phenoxy) is 1. The molecule has 78 valence electrons. The highest BCUT2D eigenvalue weighted by atomic mass is 32.2. The Morgan fingerprint density at radius 1 is 1.38 bits per heavy atom. The molecule has 0 saturated carbocycles. The molecule has 0 spiro atoms. The number of rotatable bonds is 4. The van der Waals surface area contributed by atoms with Crippen molar-refractivity contribution in [3.8, 4) is 0 Å². The highest BCUT2D eigenvalue weighted by Gasteiger charge is 2.30. The predicted octanol–water partition coefficient (Wildman–Crippen LogP) is 0.162. The first-order valence-electron chi connectivity index (χ1n) is 3.62. The minimum atomic E-state index is -3.51. The van der Waals surface area contributed by atoms with E-state index in [9.17, 15) is 13.2 Å². The maximum Gasteiger partial charge on any atom is 0.313 e. The number of methoxy groups -OCH3 is 1. The Morgan fingerprint density at radius 3 is 2.15 bits per heavy atom. The first kappa shape index (κ1) is 12.4. The Labute approximate surface area is 78.2 Å². The van der Waals surface area contributed by atoms with E-state index in [1.165, 1.54) is 7.11 Å². The van der Waals surface area contributed by atoms with Gasteiger partial charge in [0.2, 0.25) is 0 Å². The van der Waals surface area contributed by atoms with E-state index < -0.39 is 21.5 Å². The molecule has 0 heterocycles. The second kappa shape index (κ2) is 4.06. The van der Waals surface area contributed by atoms with Crippen LogP contribution in [0.5, 0.6) is 0 Å². The van der Waals surface area contributed by atoms with Crippen LogP contribution in [-0.4, -0.2) is 34.4 Å². The fraction of sp³-hybridized carbons (Fsp3) is 0.857. The summed E-state index contributed by atoms with van der Waals surface area (Å²) in [4.78, 5) is 11.1. The molecule has 0 aromatic rings. The van der Waals surface area contributed by atoms with E-state index in [1.54, 1.807) is 13.8 Å². The fourth-order valence-electron chi connectivity index (χ4n) is 0.590. The molecule has 5 nitrogen and oxygen atoms in total. The van der Waals surface area contributed by atoms with E-state index in [0.717, 1.165) is 6.26 Å². The van der Waals surface area contributed by atoms with Crippen molar-refractivity contribution in [1.82, 2.24) is 0 Å². The Balaban J connectivity index is 4.27. The summed E-state index contributed by atoms with van der Waals surface area (Å²) in [5.41, 5.74) is -0.947. The monoisotopic (exact) mass is 210 g/mol. The van der Waals surface area contributed by atoms with Crippen molar-refractivity contribution in [1.29, 1.82) is 0 Å². The van der Waals surface area contributed by atoms with Gasteiger partial charge in [-0.2, -0.15) is 8.42 Å². The van der Waals surface area contributed by atoms with Gasteiger partial charge in [0, 0.05) is 0 Å². The Kier molecular flexibility index (Phi) is 3.87. The number of hydrogen-bond acceptors (Lipinski definition) is 5. The molecule has 6 heteroatoms. The third-order valence-electron chi connectivity index (χ3n) is 1.37. The van der Waals surface area contributed by atoms with Crippen LogP contribution in [0.4, 0.5) is 0 Å². The summed E-state index contributed by atoms with van der Waals surface area (Å²) in [6.07, 6.45) is 0.931. The molecule has 0 amide bonds.